The number of benzene rings is 1. The van der Waals surface area contributed by atoms with Crippen molar-refractivity contribution >= 4 is 32.9 Å². The maximum absolute atomic E-state index is 15.3. The van der Waals surface area contributed by atoms with Crippen molar-refractivity contribution in [3.63, 3.8) is 0 Å². The molecular formula is C17H20BrF2NO4S. The van der Waals surface area contributed by atoms with Gasteiger partial charge in [0.2, 0.25) is 0 Å². The smallest absolute Gasteiger partial charge is 0.377 e. The third-order valence-corrected chi connectivity index (χ3v) is 7.14. The molecule has 2 atom stereocenters. The van der Waals surface area contributed by atoms with Gasteiger partial charge >= 0.3 is 11.9 Å². The van der Waals surface area contributed by atoms with Gasteiger partial charge in [0.25, 0.3) is 0 Å². The van der Waals surface area contributed by atoms with E-state index in [2.05, 4.69) is 20.7 Å². The number of rotatable bonds is 4. The Morgan fingerprint density at radius 1 is 1.35 bits per heavy atom. The average Bonchev–Trinajstić information content (AvgIpc) is 3.30. The first kappa shape index (κ1) is 19.7. The van der Waals surface area contributed by atoms with E-state index >= 15 is 8.78 Å². The number of carbonyl (C=O) groups is 1. The second-order valence-electron chi connectivity index (χ2n) is 7.82. The molecule has 0 bridgehead atoms. The highest BCUT2D eigenvalue weighted by Gasteiger charge is 2.77. The number of hydrogen-bond acceptors (Lipinski definition) is 3. The molecule has 0 aromatic heterocycles. The van der Waals surface area contributed by atoms with Crippen LogP contribution in [0.5, 0.6) is 5.75 Å². The Bertz CT molecular complexity index is 791. The molecule has 1 spiro atoms. The maximum Gasteiger partial charge on any atom is 0.377 e. The summed E-state index contributed by atoms with van der Waals surface area (Å²) in [6.45, 7) is 4.87. The molecule has 1 aliphatic carbocycles. The van der Waals surface area contributed by atoms with Crippen molar-refractivity contribution in [1.29, 1.82) is 0 Å². The topological polar surface area (TPSA) is 75.6 Å². The first-order valence-corrected chi connectivity index (χ1v) is 10.1. The Hall–Kier alpha value is -1.06. The van der Waals surface area contributed by atoms with Gasteiger partial charge in [-0.05, 0) is 51.8 Å². The van der Waals surface area contributed by atoms with Crippen LogP contribution in [0.25, 0.3) is 0 Å². The van der Waals surface area contributed by atoms with Crippen LogP contribution >= 0.6 is 15.9 Å². The SMILES string of the molecule is CC(C)(C)S(=O)NC1(C(F)(F)C(=O)O)c2cc(Br)ccc2OCC12CC2. The molecule has 2 aliphatic rings. The van der Waals surface area contributed by atoms with Crippen LogP contribution < -0.4 is 9.46 Å². The van der Waals surface area contributed by atoms with Crippen LogP contribution in [0.15, 0.2) is 22.7 Å². The van der Waals surface area contributed by atoms with Crippen molar-refractivity contribution in [2.75, 3.05) is 6.61 Å². The van der Waals surface area contributed by atoms with Crippen LogP contribution in [0.3, 0.4) is 0 Å². The molecule has 5 nitrogen and oxygen atoms in total. The molecule has 2 unspecified atom stereocenters. The third kappa shape index (κ3) is 2.70. The van der Waals surface area contributed by atoms with Crippen LogP contribution in [-0.2, 0) is 21.3 Å². The molecule has 0 radical (unpaired) electrons. The van der Waals surface area contributed by atoms with Gasteiger partial charge < -0.3 is 9.84 Å². The van der Waals surface area contributed by atoms with E-state index in [1.807, 2.05) is 0 Å². The molecular weight excluding hydrogens is 432 g/mol. The van der Waals surface area contributed by atoms with Crippen molar-refractivity contribution in [2.24, 2.45) is 5.41 Å². The summed E-state index contributed by atoms with van der Waals surface area (Å²) < 4.78 is 51.4. The fourth-order valence-corrected chi connectivity index (χ4v) is 4.78. The van der Waals surface area contributed by atoms with Gasteiger partial charge in [0, 0.05) is 15.5 Å². The highest BCUT2D eigenvalue weighted by atomic mass is 79.9. The van der Waals surface area contributed by atoms with E-state index in [1.165, 1.54) is 12.1 Å². The number of carboxylic acids is 1. The Morgan fingerprint density at radius 2 is 1.96 bits per heavy atom. The van der Waals surface area contributed by atoms with Crippen LogP contribution in [0, 0.1) is 5.41 Å². The van der Waals surface area contributed by atoms with Gasteiger partial charge in [-0.15, -0.1) is 0 Å². The monoisotopic (exact) mass is 451 g/mol. The molecule has 144 valence electrons. The zero-order valence-electron chi connectivity index (χ0n) is 14.6. The van der Waals surface area contributed by atoms with Crippen molar-refractivity contribution in [3.8, 4) is 5.75 Å². The highest BCUT2D eigenvalue weighted by molar-refractivity contribution is 9.10. The zero-order chi connectivity index (χ0) is 19.5. The van der Waals surface area contributed by atoms with Gasteiger partial charge in [0.1, 0.15) is 11.3 Å². The van der Waals surface area contributed by atoms with Crippen LogP contribution in [0.4, 0.5) is 8.78 Å². The van der Waals surface area contributed by atoms with E-state index in [4.69, 9.17) is 4.74 Å². The lowest BCUT2D eigenvalue weighted by Gasteiger charge is -2.49. The van der Waals surface area contributed by atoms with E-state index in [-0.39, 0.29) is 17.9 Å². The minimum atomic E-state index is -4.19. The molecule has 1 aromatic carbocycles. The normalized spacial score (nSPS) is 25.3. The van der Waals surface area contributed by atoms with Gasteiger partial charge in [-0.3, -0.25) is 0 Å². The van der Waals surface area contributed by atoms with Crippen molar-refractivity contribution in [2.45, 2.75) is 49.8 Å². The predicted octanol–water partition coefficient (Wildman–Crippen LogP) is 3.59. The summed E-state index contributed by atoms with van der Waals surface area (Å²) >= 11 is 3.26. The van der Waals surface area contributed by atoms with Crippen molar-refractivity contribution in [3.05, 3.63) is 28.2 Å². The molecule has 9 heteroatoms. The maximum atomic E-state index is 15.3. The lowest BCUT2D eigenvalue weighted by atomic mass is 9.70. The molecule has 1 saturated carbocycles. The molecule has 0 saturated heterocycles. The number of fused-ring (bicyclic) bond motifs is 1. The lowest BCUT2D eigenvalue weighted by Crippen LogP contribution is -2.68. The molecule has 1 fully saturated rings. The Balaban J connectivity index is 2.31. The number of nitrogens with one attached hydrogen (secondary N) is 1. The fourth-order valence-electron chi connectivity index (χ4n) is 3.38. The summed E-state index contributed by atoms with van der Waals surface area (Å²) in [4.78, 5) is 11.6. The fraction of sp³-hybridized carbons (Fsp3) is 0.588. The van der Waals surface area contributed by atoms with Crippen molar-refractivity contribution in [1.82, 2.24) is 4.72 Å². The number of halogens is 3. The summed E-state index contributed by atoms with van der Waals surface area (Å²) in [5, 5.41) is 9.39. The summed E-state index contributed by atoms with van der Waals surface area (Å²) in [6, 6.07) is 4.58. The van der Waals surface area contributed by atoms with E-state index < -0.39 is 38.6 Å². The van der Waals surface area contributed by atoms with E-state index in [0.29, 0.717) is 17.3 Å². The molecule has 3 rings (SSSR count). The van der Waals surface area contributed by atoms with Crippen LogP contribution in [0.2, 0.25) is 0 Å². The number of hydrogen-bond donors (Lipinski definition) is 2. The summed E-state index contributed by atoms with van der Waals surface area (Å²) in [6.07, 6.45) is 0.715. The molecule has 2 N–H and O–H groups in total. The van der Waals surface area contributed by atoms with Crippen molar-refractivity contribution < 1.29 is 27.6 Å². The van der Waals surface area contributed by atoms with E-state index in [9.17, 15) is 14.1 Å². The molecule has 0 amide bonds. The molecule has 1 aliphatic heterocycles. The largest absolute Gasteiger partial charge is 0.493 e. The Kier molecular flexibility index (Phi) is 4.52. The molecule has 1 heterocycles. The van der Waals surface area contributed by atoms with E-state index in [0.717, 1.165) is 0 Å². The standard InChI is InChI=1S/C17H20BrF2NO4S/c1-14(2,3)26(24)21-16(17(19,20)13(22)23)11-8-10(18)4-5-12(11)25-9-15(16)6-7-15/h4-5,8,21H,6-7,9H2,1-3H3,(H,22,23). The first-order chi connectivity index (χ1) is 11.9. The number of aliphatic carboxylic acids is 1. The van der Waals surface area contributed by atoms with Gasteiger partial charge in [0.15, 0.2) is 0 Å². The Labute approximate surface area is 161 Å². The van der Waals surface area contributed by atoms with E-state index in [1.54, 1.807) is 26.8 Å². The minimum Gasteiger partial charge on any atom is -0.493 e. The summed E-state index contributed by atoms with van der Waals surface area (Å²) in [5.41, 5.74) is -3.45. The Morgan fingerprint density at radius 3 is 2.46 bits per heavy atom. The highest BCUT2D eigenvalue weighted by Crippen LogP contribution is 2.67. The van der Waals surface area contributed by atoms with Gasteiger partial charge in [-0.25, -0.2) is 13.7 Å². The summed E-state index contributed by atoms with van der Waals surface area (Å²) in [7, 11) is -1.92. The third-order valence-electron chi connectivity index (χ3n) is 5.04. The first-order valence-electron chi connectivity index (χ1n) is 8.11. The second kappa shape index (κ2) is 5.97. The number of alkyl halides is 2. The minimum absolute atomic E-state index is 0.0145. The molecule has 26 heavy (non-hydrogen) atoms. The lowest BCUT2D eigenvalue weighted by molar-refractivity contribution is -0.189. The number of carboxylic acid groups (broad SMARTS) is 1. The quantitative estimate of drug-likeness (QED) is 0.733. The molecule has 1 aromatic rings. The van der Waals surface area contributed by atoms with Gasteiger partial charge in [0.05, 0.1) is 22.3 Å². The van der Waals surface area contributed by atoms with Gasteiger partial charge in [-0.2, -0.15) is 8.78 Å². The predicted molar refractivity (Wildman–Crippen MR) is 96.6 cm³/mol. The summed E-state index contributed by atoms with van der Waals surface area (Å²) in [5.74, 6) is -6.27. The van der Waals surface area contributed by atoms with Gasteiger partial charge in [-0.1, -0.05) is 15.9 Å². The second-order valence-corrected chi connectivity index (χ2v) is 10.7. The average molecular weight is 452 g/mol. The number of ether oxygens (including phenoxy) is 1. The van der Waals surface area contributed by atoms with Crippen LogP contribution in [0.1, 0.15) is 39.2 Å². The zero-order valence-corrected chi connectivity index (χ0v) is 17.0. The van der Waals surface area contributed by atoms with Crippen LogP contribution in [-0.4, -0.2) is 32.6 Å².